The third-order valence-electron chi connectivity index (χ3n) is 7.60. The number of carboxylic acid groups (broad SMARTS) is 1. The zero-order valence-electron chi connectivity index (χ0n) is 26.7. The molecule has 47 heavy (non-hydrogen) atoms. The molecule has 0 saturated carbocycles. The molecule has 19 heteroatoms. The lowest BCUT2D eigenvalue weighted by atomic mass is 10.1. The van der Waals surface area contributed by atoms with Crippen molar-refractivity contribution in [3.8, 4) is 11.4 Å². The topological polar surface area (TPSA) is 166 Å². The van der Waals surface area contributed by atoms with Crippen LogP contribution in [0.2, 0.25) is 0 Å². The lowest BCUT2D eigenvalue weighted by Gasteiger charge is -2.35. The number of carbonyl (C=O) groups excluding carboxylic acids is 2. The molecule has 0 atom stereocenters. The number of halogens is 3. The van der Waals surface area contributed by atoms with Crippen LogP contribution < -0.4 is 14.7 Å². The summed E-state index contributed by atoms with van der Waals surface area (Å²) in [6.07, 6.45) is -3.24. The number of alkyl halides is 3. The average Bonchev–Trinajstić information content (AvgIpc) is 3.36. The molecule has 0 spiro atoms. The van der Waals surface area contributed by atoms with Crippen LogP contribution in [-0.2, 0) is 20.9 Å². The van der Waals surface area contributed by atoms with E-state index < -0.39 is 36.2 Å². The van der Waals surface area contributed by atoms with Gasteiger partial charge in [0.1, 0.15) is 6.54 Å². The lowest BCUT2D eigenvalue weighted by molar-refractivity contribution is -0.150. The number of rotatable bonds is 5. The smallest absolute Gasteiger partial charge is 0.414 e. The van der Waals surface area contributed by atoms with Crippen LogP contribution in [0.4, 0.5) is 35.7 Å². The van der Waals surface area contributed by atoms with Gasteiger partial charge in [0.05, 0.1) is 18.8 Å². The number of ether oxygens (including phenoxy) is 1. The molecule has 5 heterocycles. The van der Waals surface area contributed by atoms with E-state index in [0.29, 0.717) is 32.1 Å². The van der Waals surface area contributed by atoms with Gasteiger partial charge in [-0.2, -0.15) is 13.2 Å². The average molecular weight is 664 g/mol. The number of nitrogens with zero attached hydrogens (tertiary/aromatic N) is 11. The minimum atomic E-state index is -4.64. The van der Waals surface area contributed by atoms with Crippen LogP contribution in [0.25, 0.3) is 22.6 Å². The van der Waals surface area contributed by atoms with E-state index in [4.69, 9.17) is 9.72 Å². The Morgan fingerprint density at radius 1 is 0.915 bits per heavy atom. The molecule has 2 aliphatic rings. The van der Waals surface area contributed by atoms with E-state index in [2.05, 4.69) is 19.9 Å². The fraction of sp³-hybridized carbons (Fsp3) is 0.571. The van der Waals surface area contributed by atoms with Gasteiger partial charge in [0.15, 0.2) is 22.8 Å². The number of carbonyl (C=O) groups is 3. The molecule has 0 aromatic carbocycles. The predicted molar refractivity (Wildman–Crippen MR) is 163 cm³/mol. The molecule has 5 rings (SSSR count). The normalized spacial score (nSPS) is 16.0. The van der Waals surface area contributed by atoms with Crippen molar-refractivity contribution in [3.63, 3.8) is 0 Å². The molecule has 254 valence electrons. The minimum Gasteiger partial charge on any atom is -0.465 e. The Balaban J connectivity index is 1.59. The number of fused-ring (bicyclic) bond motifs is 1. The van der Waals surface area contributed by atoms with Crippen molar-refractivity contribution < 1.29 is 37.4 Å². The van der Waals surface area contributed by atoms with Gasteiger partial charge in [-0.25, -0.2) is 34.6 Å². The summed E-state index contributed by atoms with van der Waals surface area (Å²) in [4.78, 5) is 66.0. The van der Waals surface area contributed by atoms with Crippen LogP contribution >= 0.6 is 0 Å². The minimum absolute atomic E-state index is 0.00167. The largest absolute Gasteiger partial charge is 0.465 e. The number of hydrogen-bond acceptors (Lipinski definition) is 11. The van der Waals surface area contributed by atoms with Crippen LogP contribution in [-0.4, -0.2) is 141 Å². The Bertz CT molecular complexity index is 1640. The monoisotopic (exact) mass is 663 g/mol. The highest BCUT2D eigenvalue weighted by molar-refractivity contribution is 6.34. The zero-order chi connectivity index (χ0) is 34.3. The van der Waals surface area contributed by atoms with Gasteiger partial charge in [0.25, 0.3) is 0 Å². The summed E-state index contributed by atoms with van der Waals surface area (Å²) in [5.74, 6) is -1.14. The Labute approximate surface area is 267 Å². The fourth-order valence-electron chi connectivity index (χ4n) is 5.33. The third-order valence-corrected chi connectivity index (χ3v) is 7.60. The first-order chi connectivity index (χ1) is 22.0. The molecule has 16 nitrogen and oxygen atoms in total. The highest BCUT2D eigenvalue weighted by Gasteiger charge is 2.36. The molecule has 3 aromatic rings. The molecular weight excluding hydrogens is 627 g/mol. The van der Waals surface area contributed by atoms with Gasteiger partial charge in [0.2, 0.25) is 11.9 Å². The maximum atomic E-state index is 14.1. The van der Waals surface area contributed by atoms with E-state index in [1.165, 1.54) is 36.3 Å². The molecule has 3 amide bonds. The Morgan fingerprint density at radius 2 is 1.53 bits per heavy atom. The van der Waals surface area contributed by atoms with Crippen molar-refractivity contribution in [1.29, 1.82) is 0 Å². The van der Waals surface area contributed by atoms with E-state index in [-0.39, 0.29) is 60.6 Å². The summed E-state index contributed by atoms with van der Waals surface area (Å²) in [6, 6.07) is 0. The van der Waals surface area contributed by atoms with E-state index in [0.717, 1.165) is 9.47 Å². The first kappa shape index (κ1) is 33.6. The Hall–Kier alpha value is -4.81. The molecule has 2 saturated heterocycles. The summed E-state index contributed by atoms with van der Waals surface area (Å²) in [7, 11) is 2.93. The van der Waals surface area contributed by atoms with Crippen molar-refractivity contribution in [2.75, 3.05) is 81.3 Å². The first-order valence-corrected chi connectivity index (χ1v) is 14.8. The quantitative estimate of drug-likeness (QED) is 0.394. The number of anilines is 3. The molecule has 2 aliphatic heterocycles. The number of hydrogen-bond donors (Lipinski definition) is 1. The summed E-state index contributed by atoms with van der Waals surface area (Å²) < 4.78 is 48.7. The maximum Gasteiger partial charge on any atom is 0.414 e. The van der Waals surface area contributed by atoms with E-state index in [1.807, 2.05) is 4.90 Å². The summed E-state index contributed by atoms with van der Waals surface area (Å²) in [6.45, 7) is 5.67. The summed E-state index contributed by atoms with van der Waals surface area (Å²) in [5.41, 5.74) is -0.522. The molecule has 0 aliphatic carbocycles. The van der Waals surface area contributed by atoms with E-state index in [9.17, 15) is 32.7 Å². The number of morpholine rings is 1. The van der Waals surface area contributed by atoms with Crippen molar-refractivity contribution in [3.05, 3.63) is 12.4 Å². The standard InChI is InChI=1S/C28H36F3N11O5/c1-27(2,3)42(26(45)46)24-32-14-17(15-33-24)19-35-20(38-10-12-47-13-11-38)18-21(36-19)41(16-28(29,30)31)25(34-18)40-8-6-39(7-9-40)23(44)22(43)37(4)5/h14-15H,6-13,16H2,1-5H3,(H,45,46). The Morgan fingerprint density at radius 3 is 2.06 bits per heavy atom. The Kier molecular flexibility index (Phi) is 9.11. The van der Waals surface area contributed by atoms with Crippen LogP contribution in [0.1, 0.15) is 20.8 Å². The number of amides is 3. The van der Waals surface area contributed by atoms with Crippen LogP contribution in [0.5, 0.6) is 0 Å². The second kappa shape index (κ2) is 12.8. The SMILES string of the molecule is CN(C)C(=O)C(=O)N1CCN(c2nc3c(N4CCOCC4)nc(-c4cnc(N(C(=O)O)C(C)(C)C)nc4)nc3n2CC(F)(F)F)CC1. The fourth-order valence-corrected chi connectivity index (χ4v) is 5.33. The lowest BCUT2D eigenvalue weighted by Crippen LogP contribution is -2.53. The summed E-state index contributed by atoms with van der Waals surface area (Å²) >= 11 is 0. The van der Waals surface area contributed by atoms with E-state index in [1.54, 1.807) is 25.7 Å². The van der Waals surface area contributed by atoms with Crippen molar-refractivity contribution in [2.24, 2.45) is 0 Å². The van der Waals surface area contributed by atoms with Gasteiger partial charge in [-0.3, -0.25) is 14.2 Å². The molecule has 0 radical (unpaired) electrons. The number of imidazole rings is 1. The first-order valence-electron chi connectivity index (χ1n) is 14.8. The number of likely N-dealkylation sites (N-methyl/N-ethyl adjacent to an activating group) is 1. The second-order valence-corrected chi connectivity index (χ2v) is 12.3. The molecule has 0 bridgehead atoms. The molecule has 2 fully saturated rings. The maximum absolute atomic E-state index is 14.1. The third kappa shape index (κ3) is 7.13. The van der Waals surface area contributed by atoms with Crippen LogP contribution in [0.15, 0.2) is 12.4 Å². The predicted octanol–water partition coefficient (Wildman–Crippen LogP) is 1.70. The van der Waals surface area contributed by atoms with Gasteiger partial charge in [0, 0.05) is 71.3 Å². The van der Waals surface area contributed by atoms with Gasteiger partial charge < -0.3 is 29.4 Å². The van der Waals surface area contributed by atoms with Gasteiger partial charge in [-0.05, 0) is 20.8 Å². The summed E-state index contributed by atoms with van der Waals surface area (Å²) in [5, 5.41) is 9.73. The van der Waals surface area contributed by atoms with E-state index >= 15 is 0 Å². The highest BCUT2D eigenvalue weighted by Crippen LogP contribution is 2.34. The molecular formula is C28H36F3N11O5. The highest BCUT2D eigenvalue weighted by atomic mass is 19.4. The van der Waals surface area contributed by atoms with Crippen LogP contribution in [0.3, 0.4) is 0 Å². The molecule has 0 unspecified atom stereocenters. The van der Waals surface area contributed by atoms with Gasteiger partial charge >= 0.3 is 24.1 Å². The van der Waals surface area contributed by atoms with Crippen molar-refractivity contribution in [1.82, 2.24) is 39.3 Å². The van der Waals surface area contributed by atoms with Crippen LogP contribution in [0, 0.1) is 0 Å². The number of piperazine rings is 1. The van der Waals surface area contributed by atoms with Gasteiger partial charge in [-0.15, -0.1) is 0 Å². The zero-order valence-corrected chi connectivity index (χ0v) is 26.7. The molecule has 3 aromatic heterocycles. The van der Waals surface area contributed by atoms with Gasteiger partial charge in [-0.1, -0.05) is 0 Å². The number of aromatic nitrogens is 6. The second-order valence-electron chi connectivity index (χ2n) is 12.3. The van der Waals surface area contributed by atoms with Crippen molar-refractivity contribution >= 4 is 46.8 Å². The molecule has 1 N–H and O–H groups in total. The van der Waals surface area contributed by atoms with Crippen molar-refractivity contribution in [2.45, 2.75) is 39.0 Å².